The molecule has 7 heteroatoms. The van der Waals surface area contributed by atoms with Gasteiger partial charge in [0.15, 0.2) is 0 Å². The number of carbonyl (C=O) groups excluding carboxylic acids is 2. The van der Waals surface area contributed by atoms with E-state index in [2.05, 4.69) is 15.3 Å². The van der Waals surface area contributed by atoms with Crippen LogP contribution in [0.2, 0.25) is 0 Å². The maximum atomic E-state index is 12.6. The molecule has 2 aromatic heterocycles. The van der Waals surface area contributed by atoms with Gasteiger partial charge in [-0.05, 0) is 25.8 Å². The Morgan fingerprint density at radius 1 is 1.46 bits per heavy atom. The molecule has 1 atom stereocenters. The average molecular weight is 332 g/mol. The van der Waals surface area contributed by atoms with Crippen molar-refractivity contribution in [2.75, 3.05) is 7.11 Å². The topological polar surface area (TPSA) is 89.0 Å². The summed E-state index contributed by atoms with van der Waals surface area (Å²) in [5.74, 6) is -0.637. The van der Waals surface area contributed by atoms with Crippen LogP contribution in [0.25, 0.3) is 0 Å². The van der Waals surface area contributed by atoms with Crippen molar-refractivity contribution < 1.29 is 14.3 Å². The van der Waals surface area contributed by atoms with Crippen molar-refractivity contribution in [3.05, 3.63) is 41.2 Å². The summed E-state index contributed by atoms with van der Waals surface area (Å²) in [5.41, 5.74) is 2.27. The lowest BCUT2D eigenvalue weighted by Gasteiger charge is -2.14. The number of aromatic amines is 1. The highest BCUT2D eigenvalue weighted by molar-refractivity contribution is 6.00. The Bertz CT molecular complexity index is 704. The highest BCUT2D eigenvalue weighted by Gasteiger charge is 2.25. The van der Waals surface area contributed by atoms with Crippen LogP contribution in [0.4, 0.5) is 0 Å². The molecule has 0 aliphatic heterocycles. The van der Waals surface area contributed by atoms with Gasteiger partial charge in [0.2, 0.25) is 0 Å². The highest BCUT2D eigenvalue weighted by atomic mass is 16.5. The van der Waals surface area contributed by atoms with Crippen molar-refractivity contribution in [1.82, 2.24) is 19.9 Å². The number of hydrogen-bond donors (Lipinski definition) is 2. The smallest absolute Gasteiger partial charge is 0.339 e. The van der Waals surface area contributed by atoms with Gasteiger partial charge < -0.3 is 19.6 Å². The van der Waals surface area contributed by atoms with Gasteiger partial charge in [-0.2, -0.15) is 0 Å². The molecule has 130 valence electrons. The number of ether oxygens (including phenoxy) is 1. The summed E-state index contributed by atoms with van der Waals surface area (Å²) in [6, 6.07) is -0.0774. The lowest BCUT2D eigenvalue weighted by atomic mass is 10.0. The molecule has 2 aromatic rings. The van der Waals surface area contributed by atoms with Gasteiger partial charge in [-0.15, -0.1) is 0 Å². The van der Waals surface area contributed by atoms with E-state index in [1.807, 2.05) is 24.6 Å². The van der Waals surface area contributed by atoms with Gasteiger partial charge in [0.05, 0.1) is 19.0 Å². The fraction of sp³-hybridized carbons (Fsp3) is 0.471. The highest BCUT2D eigenvalue weighted by Crippen LogP contribution is 2.22. The molecule has 0 bridgehead atoms. The molecule has 0 saturated heterocycles. The molecule has 0 aliphatic rings. The third-order valence-corrected chi connectivity index (χ3v) is 3.83. The normalized spacial score (nSPS) is 12.0. The number of H-pyrrole nitrogens is 1. The molecule has 0 saturated carbocycles. The Balaban J connectivity index is 2.20. The van der Waals surface area contributed by atoms with Crippen LogP contribution in [0.3, 0.4) is 0 Å². The zero-order valence-corrected chi connectivity index (χ0v) is 14.5. The molecule has 0 aliphatic carbocycles. The molecule has 2 rings (SSSR count). The van der Waals surface area contributed by atoms with Crippen molar-refractivity contribution >= 4 is 11.9 Å². The minimum Gasteiger partial charge on any atom is -0.465 e. The zero-order valence-electron chi connectivity index (χ0n) is 14.5. The van der Waals surface area contributed by atoms with E-state index >= 15 is 0 Å². The summed E-state index contributed by atoms with van der Waals surface area (Å²) in [6.07, 6.45) is 6.71. The molecule has 0 spiro atoms. The van der Waals surface area contributed by atoms with Crippen LogP contribution in [0.5, 0.6) is 0 Å². The van der Waals surface area contributed by atoms with Crippen LogP contribution < -0.4 is 5.32 Å². The molecule has 24 heavy (non-hydrogen) atoms. The van der Waals surface area contributed by atoms with Gasteiger partial charge in [0.25, 0.3) is 5.91 Å². The predicted molar refractivity (Wildman–Crippen MR) is 90.0 cm³/mol. The predicted octanol–water partition coefficient (Wildman–Crippen LogP) is 2.08. The summed E-state index contributed by atoms with van der Waals surface area (Å²) in [6.45, 7) is 6.33. The first-order chi connectivity index (χ1) is 11.5. The number of nitrogens with one attached hydrogen (secondary N) is 2. The van der Waals surface area contributed by atoms with E-state index in [9.17, 15) is 9.59 Å². The third kappa shape index (κ3) is 3.84. The van der Waals surface area contributed by atoms with E-state index in [4.69, 9.17) is 4.74 Å². The van der Waals surface area contributed by atoms with Gasteiger partial charge in [0.1, 0.15) is 5.69 Å². The number of esters is 1. The van der Waals surface area contributed by atoms with E-state index in [0.29, 0.717) is 35.5 Å². The second-order valence-corrected chi connectivity index (χ2v) is 5.85. The van der Waals surface area contributed by atoms with Gasteiger partial charge in [0, 0.05) is 30.7 Å². The molecule has 0 radical (unpaired) electrons. The molecule has 0 aromatic carbocycles. The van der Waals surface area contributed by atoms with Crippen molar-refractivity contribution in [1.29, 1.82) is 0 Å². The van der Waals surface area contributed by atoms with Crippen LogP contribution in [0.1, 0.15) is 52.4 Å². The molecule has 0 fully saturated rings. The molecular formula is C17H24N4O3. The number of aryl methyl sites for hydroxylation is 1. The molecule has 1 amide bonds. The lowest BCUT2D eigenvalue weighted by molar-refractivity contribution is 0.0599. The molecule has 7 nitrogen and oxygen atoms in total. The number of carbonyl (C=O) groups is 2. The number of imidazole rings is 1. The van der Waals surface area contributed by atoms with Crippen LogP contribution >= 0.6 is 0 Å². The minimum absolute atomic E-state index is 0.0774. The van der Waals surface area contributed by atoms with Crippen LogP contribution in [-0.4, -0.2) is 39.6 Å². The fourth-order valence-corrected chi connectivity index (χ4v) is 2.80. The van der Waals surface area contributed by atoms with Crippen LogP contribution in [0, 0.1) is 6.92 Å². The van der Waals surface area contributed by atoms with Gasteiger partial charge >= 0.3 is 5.97 Å². The van der Waals surface area contributed by atoms with E-state index in [0.717, 1.165) is 6.42 Å². The Morgan fingerprint density at radius 2 is 2.21 bits per heavy atom. The average Bonchev–Trinajstić information content (AvgIpc) is 3.15. The van der Waals surface area contributed by atoms with E-state index in [1.165, 1.54) is 7.11 Å². The lowest BCUT2D eigenvalue weighted by Crippen LogP contribution is -2.36. The molecule has 2 heterocycles. The number of amides is 1. The number of rotatable bonds is 7. The summed E-state index contributed by atoms with van der Waals surface area (Å²) in [4.78, 5) is 31.7. The van der Waals surface area contributed by atoms with E-state index in [1.54, 1.807) is 19.4 Å². The first-order valence-corrected chi connectivity index (χ1v) is 8.04. The summed E-state index contributed by atoms with van der Waals surface area (Å²) >= 11 is 0. The van der Waals surface area contributed by atoms with Crippen LogP contribution in [-0.2, 0) is 17.7 Å². The maximum Gasteiger partial charge on any atom is 0.339 e. The van der Waals surface area contributed by atoms with Gasteiger partial charge in [-0.25, -0.2) is 9.78 Å². The van der Waals surface area contributed by atoms with Crippen molar-refractivity contribution in [3.63, 3.8) is 0 Å². The third-order valence-electron chi connectivity index (χ3n) is 3.83. The van der Waals surface area contributed by atoms with Crippen molar-refractivity contribution in [2.24, 2.45) is 0 Å². The summed E-state index contributed by atoms with van der Waals surface area (Å²) in [7, 11) is 1.34. The Morgan fingerprint density at radius 3 is 2.79 bits per heavy atom. The van der Waals surface area contributed by atoms with Gasteiger partial charge in [-0.3, -0.25) is 4.79 Å². The fourth-order valence-electron chi connectivity index (χ4n) is 2.80. The molecular weight excluding hydrogens is 308 g/mol. The standard InChI is InChI=1S/C17H24N4O3/c1-5-6-13-14(17(23)24-4)12(3)20-15(13)16(22)19-11(2)9-21-8-7-18-10-21/h7-8,10-11,20H,5-6,9H2,1-4H3,(H,19,22). The molecule has 2 N–H and O–H groups in total. The maximum absolute atomic E-state index is 12.6. The summed E-state index contributed by atoms with van der Waals surface area (Å²) in [5, 5.41) is 2.96. The quantitative estimate of drug-likeness (QED) is 0.760. The number of methoxy groups -OCH3 is 1. The first-order valence-electron chi connectivity index (χ1n) is 8.04. The first kappa shape index (κ1) is 17.8. The number of aromatic nitrogens is 3. The van der Waals surface area contributed by atoms with E-state index in [-0.39, 0.29) is 11.9 Å². The minimum atomic E-state index is -0.419. The summed E-state index contributed by atoms with van der Waals surface area (Å²) < 4.78 is 6.75. The number of hydrogen-bond acceptors (Lipinski definition) is 4. The second kappa shape index (κ2) is 7.81. The largest absolute Gasteiger partial charge is 0.465 e. The Kier molecular flexibility index (Phi) is 5.78. The monoisotopic (exact) mass is 332 g/mol. The zero-order chi connectivity index (χ0) is 17.7. The van der Waals surface area contributed by atoms with E-state index < -0.39 is 5.97 Å². The van der Waals surface area contributed by atoms with Gasteiger partial charge in [-0.1, -0.05) is 13.3 Å². The van der Waals surface area contributed by atoms with Crippen molar-refractivity contribution in [3.8, 4) is 0 Å². The second-order valence-electron chi connectivity index (χ2n) is 5.85. The van der Waals surface area contributed by atoms with Crippen molar-refractivity contribution in [2.45, 2.75) is 46.2 Å². The van der Waals surface area contributed by atoms with Crippen LogP contribution in [0.15, 0.2) is 18.7 Å². The Labute approximate surface area is 141 Å². The SMILES string of the molecule is CCCc1c(C(=O)NC(C)Cn2ccnc2)[nH]c(C)c1C(=O)OC. The Hall–Kier alpha value is -2.57. The molecule has 1 unspecified atom stereocenters. The number of nitrogens with zero attached hydrogens (tertiary/aromatic N) is 2.